The summed E-state index contributed by atoms with van der Waals surface area (Å²) in [5.41, 5.74) is 0. The van der Waals surface area contributed by atoms with Gasteiger partial charge in [0.15, 0.2) is 12.4 Å². The monoisotopic (exact) mass is 1020 g/mol. The van der Waals surface area contributed by atoms with Gasteiger partial charge in [-0.25, -0.2) is 25.1 Å². The van der Waals surface area contributed by atoms with Crippen LogP contribution in [0.15, 0.2) is 0 Å². The fourth-order valence-electron chi connectivity index (χ4n) is 3.90. The van der Waals surface area contributed by atoms with E-state index in [0.717, 1.165) is 0 Å². The molecule has 0 amide bonds. The van der Waals surface area contributed by atoms with Crippen LogP contribution in [0.4, 0.5) is 0 Å². The van der Waals surface area contributed by atoms with Gasteiger partial charge in [-0.1, -0.05) is 0 Å². The van der Waals surface area contributed by atoms with Gasteiger partial charge in [-0.05, 0) is 0 Å². The van der Waals surface area contributed by atoms with Gasteiger partial charge >= 0.3 is 96.5 Å². The Labute approximate surface area is 321 Å². The SMILES string of the molecule is O=S(O)OC[C@H](OS(=O)(=O)O)[C@@H](O[C@@H]1O[C@H](COS(=O)O)[C@@H](OS(=O)O)[C@H](OS(=O)(=O)O)[C@H]1OS(=O)(=O)O)[C@H](OS(=O)(=O)O)[C@@H](COS(=O)(=O)O)OS(=O)(=O)O. The highest BCUT2D eigenvalue weighted by molar-refractivity contribution is 7.82. The minimum Gasteiger partial charge on any atom is -0.341 e. The molecule has 56 heavy (non-hydrogen) atoms. The second kappa shape index (κ2) is 21.2. The fraction of sp³-hybridized carbons (Fsp3) is 1.00. The molecule has 336 valence electrons. The first-order valence-corrected chi connectivity index (χ1v) is 23.7. The van der Waals surface area contributed by atoms with Gasteiger partial charge in [0.05, 0.1) is 19.8 Å². The molecule has 0 aromatic heterocycles. The Balaban J connectivity index is 4.44. The lowest BCUT2D eigenvalue weighted by Crippen LogP contribution is -2.65. The average molecular weight is 1020 g/mol. The van der Waals surface area contributed by atoms with Crippen molar-refractivity contribution in [1.82, 2.24) is 0 Å². The highest BCUT2D eigenvalue weighted by Crippen LogP contribution is 2.34. The maximum absolute atomic E-state index is 11.9. The molecular weight excluding hydrogens is 993 g/mol. The van der Waals surface area contributed by atoms with Crippen LogP contribution in [0.25, 0.3) is 0 Å². The van der Waals surface area contributed by atoms with Gasteiger partial charge in [0.2, 0.25) is 0 Å². The number of hydrogen-bond donors (Lipinski definition) is 9. The van der Waals surface area contributed by atoms with Gasteiger partial charge in [-0.3, -0.25) is 53.5 Å². The molecule has 1 aliphatic rings. The first-order valence-electron chi connectivity index (χ1n) is 12.4. The maximum atomic E-state index is 11.9. The summed E-state index contributed by atoms with van der Waals surface area (Å²) in [6, 6.07) is 0. The van der Waals surface area contributed by atoms with E-state index in [1.165, 1.54) is 0 Å². The highest BCUT2D eigenvalue weighted by Gasteiger charge is 2.56. The average Bonchev–Trinajstić information content (AvgIpc) is 2.93. The summed E-state index contributed by atoms with van der Waals surface area (Å²) in [6.45, 7) is -5.78. The van der Waals surface area contributed by atoms with E-state index in [1.807, 2.05) is 0 Å². The number of hydrogen-bond acceptors (Lipinski definition) is 26. The Morgan fingerprint density at radius 3 is 1.36 bits per heavy atom. The molecule has 3 unspecified atom stereocenters. The van der Waals surface area contributed by atoms with E-state index in [-0.39, 0.29) is 0 Å². The van der Waals surface area contributed by atoms with Gasteiger partial charge in [0.1, 0.15) is 42.7 Å². The Morgan fingerprint density at radius 2 is 0.964 bits per heavy atom. The van der Waals surface area contributed by atoms with Crippen molar-refractivity contribution in [2.45, 2.75) is 55.1 Å². The first-order chi connectivity index (χ1) is 25.0. The molecule has 0 radical (unpaired) electrons. The minimum absolute atomic E-state index is 1.58. The molecule has 0 aromatic rings. The van der Waals surface area contributed by atoms with Crippen LogP contribution < -0.4 is 0 Å². The maximum Gasteiger partial charge on any atom is 0.397 e. The lowest BCUT2D eigenvalue weighted by atomic mass is 9.98. The minimum atomic E-state index is -6.33. The van der Waals surface area contributed by atoms with Crippen LogP contribution >= 0.6 is 0 Å². The van der Waals surface area contributed by atoms with Crippen LogP contribution in [0.5, 0.6) is 0 Å². The summed E-state index contributed by atoms with van der Waals surface area (Å²) in [7, 11) is -36.8. The lowest BCUT2D eigenvalue weighted by molar-refractivity contribution is -0.312. The van der Waals surface area contributed by atoms with E-state index < -0.39 is 171 Å². The van der Waals surface area contributed by atoms with Crippen LogP contribution in [-0.4, -0.2) is 179 Å². The lowest BCUT2D eigenvalue weighted by Gasteiger charge is -2.45. The fourth-order valence-corrected chi connectivity index (χ4v) is 7.58. The van der Waals surface area contributed by atoms with Gasteiger partial charge in [-0.15, -0.1) is 0 Å². The molecule has 12 atom stereocenters. The molecule has 1 rings (SSSR count). The van der Waals surface area contributed by atoms with Crippen LogP contribution in [-0.2, 0) is 144 Å². The van der Waals surface area contributed by atoms with Crippen molar-refractivity contribution in [3.8, 4) is 0 Å². The topological polar surface area (TPSA) is 540 Å². The van der Waals surface area contributed by atoms with Gasteiger partial charge in [-0.2, -0.15) is 63.1 Å². The summed E-state index contributed by atoms with van der Waals surface area (Å²) < 4.78 is 305. The molecule has 1 heterocycles. The van der Waals surface area contributed by atoms with Crippen molar-refractivity contribution in [1.29, 1.82) is 0 Å². The second-order valence-corrected chi connectivity index (χ2v) is 17.5. The second-order valence-electron chi connectivity index (χ2n) is 9.23. The number of ether oxygens (including phenoxy) is 2. The van der Waals surface area contributed by atoms with Gasteiger partial charge in [0.25, 0.3) is 0 Å². The molecule has 1 fully saturated rings. The van der Waals surface area contributed by atoms with Crippen molar-refractivity contribution in [3.63, 3.8) is 0 Å². The standard InChI is InChI=1S/C12H24O35S9/c13-48(14)37-1-4-8(42-50(17)18)10(46-55(31,32)33)11(47-56(34,35)36)12(40-4)41-7(5(2-38-49(15)16)43-52(22,23)24)9(45-54(28,29)30)6(44-53(25,26)27)3-39-51(19,20)21/h4-12H,1-3H2,(H,13,14)(H,15,16)(H,17,18)(H,19,20,21)(H,22,23,24)(H,25,26,27)(H,28,29,30)(H,31,32,33)(H,34,35,36)/t4-,5+,6-,7-,8-,9-,10+,11-,12+/m1/s1. The zero-order chi connectivity index (χ0) is 43.8. The van der Waals surface area contributed by atoms with E-state index >= 15 is 0 Å². The van der Waals surface area contributed by atoms with Crippen molar-refractivity contribution in [3.05, 3.63) is 0 Å². The zero-order valence-electron chi connectivity index (χ0n) is 25.6. The van der Waals surface area contributed by atoms with Crippen LogP contribution in [0.2, 0.25) is 0 Å². The van der Waals surface area contributed by atoms with Crippen molar-refractivity contribution in [2.75, 3.05) is 19.8 Å². The van der Waals surface area contributed by atoms with E-state index in [9.17, 15) is 90.4 Å². The smallest absolute Gasteiger partial charge is 0.341 e. The van der Waals surface area contributed by atoms with Crippen LogP contribution in [0, 0.1) is 0 Å². The summed E-state index contributed by atoms with van der Waals surface area (Å²) >= 11 is -10.7. The van der Waals surface area contributed by atoms with E-state index in [0.29, 0.717) is 0 Å². The quantitative estimate of drug-likeness (QED) is 0.0287. The zero-order valence-corrected chi connectivity index (χ0v) is 33.0. The highest BCUT2D eigenvalue weighted by atomic mass is 32.3. The molecule has 35 nitrogen and oxygen atoms in total. The molecule has 0 saturated carbocycles. The van der Waals surface area contributed by atoms with Crippen LogP contribution in [0.1, 0.15) is 0 Å². The molecular formula is C12H24O35S9. The largest absolute Gasteiger partial charge is 0.397 e. The summed E-state index contributed by atoms with van der Waals surface area (Å²) in [4.78, 5) is 0. The van der Waals surface area contributed by atoms with E-state index in [2.05, 4.69) is 37.6 Å². The molecule has 0 spiro atoms. The molecule has 44 heteroatoms. The third-order valence-electron chi connectivity index (χ3n) is 5.37. The van der Waals surface area contributed by atoms with Crippen molar-refractivity contribution >= 4 is 96.5 Å². The van der Waals surface area contributed by atoms with E-state index in [1.54, 1.807) is 0 Å². The summed E-state index contributed by atoms with van der Waals surface area (Å²) in [6.07, 6.45) is -29.0. The van der Waals surface area contributed by atoms with Crippen LogP contribution in [0.3, 0.4) is 0 Å². The third kappa shape index (κ3) is 22.6. The molecule has 1 aliphatic heterocycles. The Hall–Kier alpha value is -0.650. The Kier molecular flexibility index (Phi) is 20.2. The predicted octanol–water partition coefficient (Wildman–Crippen LogP) is -6.32. The van der Waals surface area contributed by atoms with E-state index in [4.69, 9.17) is 23.1 Å². The van der Waals surface area contributed by atoms with Gasteiger partial charge in [0, 0.05) is 0 Å². The Bertz CT molecular complexity index is 2060. The molecule has 0 aliphatic carbocycles. The summed E-state index contributed by atoms with van der Waals surface area (Å²) in [5.74, 6) is 0. The van der Waals surface area contributed by atoms with Gasteiger partial charge < -0.3 is 9.47 Å². The molecule has 0 bridgehead atoms. The summed E-state index contributed by atoms with van der Waals surface area (Å²) in [5, 5.41) is 0. The molecule has 1 saturated heterocycles. The van der Waals surface area contributed by atoms with Crippen molar-refractivity contribution in [2.24, 2.45) is 0 Å². The molecule has 0 aromatic carbocycles. The van der Waals surface area contributed by atoms with Crippen molar-refractivity contribution < 1.29 is 151 Å². The Morgan fingerprint density at radius 1 is 0.518 bits per heavy atom. The molecule has 9 N–H and O–H groups in total. The first kappa shape index (κ1) is 53.4. The normalized spacial score (nSPS) is 25.8. The number of rotatable bonds is 26. The predicted molar refractivity (Wildman–Crippen MR) is 162 cm³/mol. The third-order valence-corrected chi connectivity index (χ3v) is 9.24.